The third-order valence-electron chi connectivity index (χ3n) is 3.18. The maximum Gasteiger partial charge on any atom is 0.351 e. The minimum absolute atomic E-state index is 0.0805. The second-order valence-electron chi connectivity index (χ2n) is 4.31. The number of nitrogen functional groups attached to an aromatic ring is 1. The highest BCUT2D eigenvalue weighted by molar-refractivity contribution is 9.10. The molecule has 104 valence electrons. The molecule has 0 amide bonds. The van der Waals surface area contributed by atoms with Gasteiger partial charge >= 0.3 is 5.69 Å². The monoisotopic (exact) mass is 331 g/mol. The summed E-state index contributed by atoms with van der Waals surface area (Å²) in [5, 5.41) is 19.3. The second-order valence-corrected chi connectivity index (χ2v) is 5.16. The Morgan fingerprint density at radius 1 is 1.79 bits per heavy atom. The fraction of sp³-hybridized carbons (Fsp3) is 0.455. The molecule has 0 unspecified atom stereocenters. The molecule has 0 spiro atoms. The molecule has 7 nitrogen and oxygen atoms in total. The number of aliphatic hydroxyl groups is 2. The first-order chi connectivity index (χ1) is 8.93. The molecule has 8 heteroatoms. The number of nitrogens with two attached hydrogens (primary N) is 1. The lowest BCUT2D eigenvalue weighted by Crippen LogP contribution is -2.41. The van der Waals surface area contributed by atoms with Crippen molar-refractivity contribution in [3.8, 4) is 0 Å². The van der Waals surface area contributed by atoms with E-state index in [1.54, 1.807) is 0 Å². The molecule has 0 radical (unpaired) electrons. The van der Waals surface area contributed by atoms with E-state index in [0.29, 0.717) is 4.47 Å². The van der Waals surface area contributed by atoms with Crippen molar-refractivity contribution >= 4 is 21.7 Å². The number of aliphatic hydroxyl groups excluding tert-OH is 2. The molecule has 1 saturated heterocycles. The lowest BCUT2D eigenvalue weighted by Gasteiger charge is -2.26. The quantitative estimate of drug-likeness (QED) is 0.661. The number of aromatic nitrogens is 2. The zero-order valence-electron chi connectivity index (χ0n) is 9.99. The Bertz CT molecular complexity index is 561. The lowest BCUT2D eigenvalue weighted by molar-refractivity contribution is -0.0973. The van der Waals surface area contributed by atoms with E-state index in [9.17, 15) is 15.0 Å². The Labute approximate surface area is 117 Å². The molecule has 1 aliphatic rings. The summed E-state index contributed by atoms with van der Waals surface area (Å²) in [6.45, 7) is 3.12. The Morgan fingerprint density at radius 3 is 3.00 bits per heavy atom. The number of ether oxygens (including phenoxy) is 1. The van der Waals surface area contributed by atoms with E-state index in [-0.39, 0.29) is 12.2 Å². The molecule has 1 fully saturated rings. The molecule has 1 aromatic rings. The van der Waals surface area contributed by atoms with Crippen LogP contribution in [0.15, 0.2) is 28.1 Å². The van der Waals surface area contributed by atoms with Crippen LogP contribution in [0.3, 0.4) is 0 Å². The van der Waals surface area contributed by atoms with Gasteiger partial charge in [-0.1, -0.05) is 6.08 Å². The molecule has 2 heterocycles. The summed E-state index contributed by atoms with van der Waals surface area (Å²) in [6.07, 6.45) is 1.23. The first kappa shape index (κ1) is 14.2. The zero-order valence-corrected chi connectivity index (χ0v) is 11.6. The standard InChI is InChI=1S/C11H14BrN3O4/c1-2-11(5-16)7(17)3-8(19-11)15-4-6(12)9(13)14-10(15)18/h2,4,7-8,16-17H,1,3,5H2,(H2,13,14,18)/t7-,8+,11+/m0/s1. The minimum atomic E-state index is -1.27. The highest BCUT2D eigenvalue weighted by Crippen LogP contribution is 2.37. The van der Waals surface area contributed by atoms with Crippen molar-refractivity contribution < 1.29 is 14.9 Å². The minimum Gasteiger partial charge on any atom is -0.393 e. The number of anilines is 1. The van der Waals surface area contributed by atoms with Crippen molar-refractivity contribution in [1.82, 2.24) is 9.55 Å². The molecule has 0 bridgehead atoms. The van der Waals surface area contributed by atoms with Crippen LogP contribution in [0.4, 0.5) is 5.82 Å². The van der Waals surface area contributed by atoms with E-state index in [1.165, 1.54) is 16.8 Å². The Hall–Kier alpha value is -1.22. The fourth-order valence-corrected chi connectivity index (χ4v) is 2.31. The third-order valence-corrected chi connectivity index (χ3v) is 3.79. The predicted octanol–water partition coefficient (Wildman–Crippen LogP) is -0.215. The van der Waals surface area contributed by atoms with Crippen LogP contribution in [0.5, 0.6) is 0 Å². The topological polar surface area (TPSA) is 111 Å². The van der Waals surface area contributed by atoms with Gasteiger partial charge in [0, 0.05) is 12.6 Å². The molecular weight excluding hydrogens is 318 g/mol. The molecule has 4 N–H and O–H groups in total. The van der Waals surface area contributed by atoms with Gasteiger partial charge < -0.3 is 20.7 Å². The van der Waals surface area contributed by atoms with Crippen molar-refractivity contribution in [2.24, 2.45) is 0 Å². The van der Waals surface area contributed by atoms with Crippen molar-refractivity contribution in [2.45, 2.75) is 24.4 Å². The van der Waals surface area contributed by atoms with Gasteiger partial charge in [0.05, 0.1) is 17.2 Å². The fourth-order valence-electron chi connectivity index (χ4n) is 2.00. The van der Waals surface area contributed by atoms with Gasteiger partial charge in [-0.2, -0.15) is 4.98 Å². The van der Waals surface area contributed by atoms with Gasteiger partial charge in [0.1, 0.15) is 17.6 Å². The van der Waals surface area contributed by atoms with Crippen LogP contribution < -0.4 is 11.4 Å². The maximum absolute atomic E-state index is 11.8. The number of rotatable bonds is 3. The van der Waals surface area contributed by atoms with E-state index in [2.05, 4.69) is 27.5 Å². The average molecular weight is 332 g/mol. The highest BCUT2D eigenvalue weighted by atomic mass is 79.9. The van der Waals surface area contributed by atoms with Gasteiger partial charge in [-0.15, -0.1) is 6.58 Å². The van der Waals surface area contributed by atoms with Gasteiger partial charge in [0.15, 0.2) is 0 Å². The summed E-state index contributed by atoms with van der Waals surface area (Å²) >= 11 is 3.17. The molecular formula is C11H14BrN3O4. The molecule has 0 aliphatic carbocycles. The average Bonchev–Trinajstić information content (AvgIpc) is 2.71. The van der Waals surface area contributed by atoms with E-state index in [4.69, 9.17) is 10.5 Å². The smallest absolute Gasteiger partial charge is 0.351 e. The van der Waals surface area contributed by atoms with Crippen molar-refractivity contribution in [2.75, 3.05) is 12.3 Å². The van der Waals surface area contributed by atoms with Crippen LogP contribution in [-0.4, -0.2) is 38.1 Å². The number of hydrogen-bond donors (Lipinski definition) is 3. The summed E-state index contributed by atoms with van der Waals surface area (Å²) in [7, 11) is 0. The normalized spacial score (nSPS) is 30.5. The van der Waals surface area contributed by atoms with E-state index < -0.39 is 30.2 Å². The molecule has 0 aromatic carbocycles. The Balaban J connectivity index is 2.38. The highest BCUT2D eigenvalue weighted by Gasteiger charge is 2.46. The van der Waals surface area contributed by atoms with E-state index in [1.807, 2.05) is 0 Å². The predicted molar refractivity (Wildman–Crippen MR) is 71.4 cm³/mol. The zero-order chi connectivity index (χ0) is 14.2. The van der Waals surface area contributed by atoms with Crippen LogP contribution in [0.25, 0.3) is 0 Å². The van der Waals surface area contributed by atoms with Crippen molar-refractivity contribution in [3.05, 3.63) is 33.8 Å². The third kappa shape index (κ3) is 2.32. The van der Waals surface area contributed by atoms with Crippen LogP contribution in [0.2, 0.25) is 0 Å². The number of nitrogens with zero attached hydrogens (tertiary/aromatic N) is 2. The number of halogens is 1. The van der Waals surface area contributed by atoms with Crippen molar-refractivity contribution in [3.63, 3.8) is 0 Å². The number of hydrogen-bond acceptors (Lipinski definition) is 6. The lowest BCUT2D eigenvalue weighted by atomic mass is 9.98. The van der Waals surface area contributed by atoms with Crippen LogP contribution >= 0.6 is 15.9 Å². The Morgan fingerprint density at radius 2 is 2.47 bits per heavy atom. The SMILES string of the molecule is C=C[C@]1(CO)O[C@@H](n2cc(Br)c(N)nc2=O)C[C@@H]1O. The Kier molecular flexibility index (Phi) is 3.77. The van der Waals surface area contributed by atoms with Gasteiger partial charge in [0.25, 0.3) is 0 Å². The van der Waals surface area contributed by atoms with Crippen LogP contribution in [-0.2, 0) is 4.74 Å². The first-order valence-electron chi connectivity index (χ1n) is 5.58. The second kappa shape index (κ2) is 5.04. The summed E-state index contributed by atoms with van der Waals surface area (Å²) in [4.78, 5) is 15.4. The van der Waals surface area contributed by atoms with Crippen LogP contribution in [0.1, 0.15) is 12.6 Å². The summed E-state index contributed by atoms with van der Waals surface area (Å²) in [6, 6.07) is 0. The summed E-state index contributed by atoms with van der Waals surface area (Å²) in [5.41, 5.74) is 3.65. The van der Waals surface area contributed by atoms with Gasteiger partial charge in [0.2, 0.25) is 0 Å². The first-order valence-corrected chi connectivity index (χ1v) is 6.37. The molecule has 0 saturated carbocycles. The van der Waals surface area contributed by atoms with E-state index >= 15 is 0 Å². The largest absolute Gasteiger partial charge is 0.393 e. The summed E-state index contributed by atoms with van der Waals surface area (Å²) in [5.74, 6) is 0.0805. The molecule has 1 aliphatic heterocycles. The summed E-state index contributed by atoms with van der Waals surface area (Å²) < 4.78 is 7.23. The maximum atomic E-state index is 11.8. The molecule has 1 aromatic heterocycles. The van der Waals surface area contributed by atoms with Crippen molar-refractivity contribution in [1.29, 1.82) is 0 Å². The van der Waals surface area contributed by atoms with E-state index in [0.717, 1.165) is 0 Å². The molecule has 2 rings (SSSR count). The van der Waals surface area contributed by atoms with Gasteiger partial charge in [-0.25, -0.2) is 4.79 Å². The van der Waals surface area contributed by atoms with Gasteiger partial charge in [-0.05, 0) is 15.9 Å². The molecule has 19 heavy (non-hydrogen) atoms. The van der Waals surface area contributed by atoms with Crippen LogP contribution in [0, 0.1) is 0 Å². The van der Waals surface area contributed by atoms with Gasteiger partial charge in [-0.3, -0.25) is 4.57 Å². The molecule has 3 atom stereocenters.